The van der Waals surface area contributed by atoms with Crippen molar-refractivity contribution in [3.63, 3.8) is 0 Å². The van der Waals surface area contributed by atoms with Crippen molar-refractivity contribution >= 4 is 68.9 Å². The zero-order valence-corrected chi connectivity index (χ0v) is 29.1. The van der Waals surface area contributed by atoms with Gasteiger partial charge in [0.1, 0.15) is 18.1 Å². The molecule has 0 spiro atoms. The van der Waals surface area contributed by atoms with Crippen LogP contribution in [-0.4, -0.2) is 53.2 Å². The van der Waals surface area contributed by atoms with Crippen LogP contribution in [0.3, 0.4) is 0 Å². The Hall–Kier alpha value is -4.63. The molecule has 0 fully saturated rings. The zero-order valence-electron chi connectivity index (χ0n) is 26.8. The third kappa shape index (κ3) is 6.83. The van der Waals surface area contributed by atoms with E-state index in [4.69, 9.17) is 59.4 Å². The zero-order chi connectivity index (χ0) is 33.9. The van der Waals surface area contributed by atoms with E-state index in [1.807, 2.05) is 55.5 Å². The minimum atomic E-state index is -0.204. The maximum atomic E-state index is 13.3. The number of hydrogen-bond acceptors (Lipinski definition) is 7. The van der Waals surface area contributed by atoms with Crippen LogP contribution in [-0.2, 0) is 4.79 Å². The molecular weight excluding hydrogens is 669 g/mol. The van der Waals surface area contributed by atoms with E-state index >= 15 is 0 Å². The Kier molecular flexibility index (Phi) is 9.87. The summed E-state index contributed by atoms with van der Waals surface area (Å²) in [4.78, 5) is 25.4. The van der Waals surface area contributed by atoms with E-state index < -0.39 is 0 Å². The van der Waals surface area contributed by atoms with Gasteiger partial charge in [-0.25, -0.2) is 9.98 Å². The van der Waals surface area contributed by atoms with Gasteiger partial charge in [-0.3, -0.25) is 4.79 Å². The molecule has 0 atom stereocenters. The third-order valence-corrected chi connectivity index (χ3v) is 8.82. The number of carbonyl (C=O) groups is 1. The van der Waals surface area contributed by atoms with Crippen molar-refractivity contribution in [2.24, 2.45) is 4.99 Å². The van der Waals surface area contributed by atoms with Gasteiger partial charge in [-0.05, 0) is 111 Å². The number of hydrogen-bond donors (Lipinski definition) is 0. The van der Waals surface area contributed by atoms with Crippen molar-refractivity contribution in [1.29, 1.82) is 0 Å². The second kappa shape index (κ2) is 14.2. The highest BCUT2D eigenvalue weighted by molar-refractivity contribution is 6.47. The average molecular weight is 701 g/mol. The number of halogens is 3. The van der Waals surface area contributed by atoms with Gasteiger partial charge in [0.05, 0.1) is 24.9 Å². The Morgan fingerprint density at radius 2 is 1.62 bits per heavy atom. The number of rotatable bonds is 11. The smallest absolute Gasteiger partial charge is 0.182 e. The predicted molar refractivity (Wildman–Crippen MR) is 194 cm³/mol. The lowest BCUT2D eigenvalue weighted by molar-refractivity contribution is -0.111. The van der Waals surface area contributed by atoms with Crippen molar-refractivity contribution in [1.82, 2.24) is 14.8 Å². The van der Waals surface area contributed by atoms with Gasteiger partial charge in [-0.1, -0.05) is 34.8 Å². The van der Waals surface area contributed by atoms with Crippen LogP contribution in [0.1, 0.15) is 30.8 Å². The van der Waals surface area contributed by atoms with Crippen molar-refractivity contribution < 1.29 is 14.3 Å². The summed E-state index contributed by atoms with van der Waals surface area (Å²) in [6.45, 7) is 7.59. The lowest BCUT2D eigenvalue weighted by atomic mass is 9.98. The van der Waals surface area contributed by atoms with Crippen LogP contribution in [0, 0.1) is 6.92 Å². The molecule has 5 aromatic rings. The van der Waals surface area contributed by atoms with Crippen LogP contribution in [0.2, 0.25) is 15.1 Å². The molecule has 0 bridgehead atoms. The highest BCUT2D eigenvalue weighted by atomic mass is 35.5. The summed E-state index contributed by atoms with van der Waals surface area (Å²) in [5.74, 6) is 2.60. The molecule has 8 nitrogen and oxygen atoms in total. The van der Waals surface area contributed by atoms with Gasteiger partial charge in [0.15, 0.2) is 23.3 Å². The number of Topliss-reactive ketones (excluding diaryl/α,β-unsaturated/α-hetero) is 1. The molecule has 0 aliphatic carbocycles. The molecule has 0 unspecified atom stereocenters. The number of aromatic nitrogens is 3. The van der Waals surface area contributed by atoms with Gasteiger partial charge in [-0.2, -0.15) is 4.68 Å². The average Bonchev–Trinajstić information content (AvgIpc) is 3.63. The molecule has 1 aliphatic rings. The number of benzene rings is 4. The fourth-order valence-electron chi connectivity index (χ4n) is 5.54. The van der Waals surface area contributed by atoms with Gasteiger partial charge >= 0.3 is 0 Å². The summed E-state index contributed by atoms with van der Waals surface area (Å²) in [7, 11) is 1.64. The summed E-state index contributed by atoms with van der Waals surface area (Å²) in [6.07, 6.45) is 0. The molecule has 0 saturated carbocycles. The second-order valence-electron chi connectivity index (χ2n) is 11.1. The topological polar surface area (TPSA) is 81.8 Å². The first-order valence-corrected chi connectivity index (χ1v) is 16.5. The monoisotopic (exact) mass is 699 g/mol. The first kappa shape index (κ1) is 33.3. The number of anilines is 1. The Labute approximate surface area is 294 Å². The summed E-state index contributed by atoms with van der Waals surface area (Å²) < 4.78 is 12.8. The maximum absolute atomic E-state index is 13.3. The number of ketones is 1. The minimum absolute atomic E-state index is 0.204. The van der Waals surface area contributed by atoms with Gasteiger partial charge in [-0.15, -0.1) is 5.10 Å². The highest BCUT2D eigenvalue weighted by Crippen LogP contribution is 2.40. The van der Waals surface area contributed by atoms with E-state index in [2.05, 4.69) is 17.9 Å². The fourth-order valence-corrected chi connectivity index (χ4v) is 6.05. The molecule has 244 valence electrons. The molecule has 2 heterocycles. The standard InChI is InChI=1S/C37H32Cl3N5O3/c1-5-44(18-19-48-29-14-12-28(47-4)13-15-29)27-11-17-32(22(2)20-27)41-37-34(30-21-26(39)10-16-31(30)40)33(23(3)46)36-42-35(43-45(36)37)24-6-8-25(38)9-7-24/h6-17,20-21H,5,18-19H2,1-4H3. The molecule has 4 aromatic carbocycles. The molecule has 11 heteroatoms. The molecule has 0 saturated heterocycles. The first-order valence-electron chi connectivity index (χ1n) is 15.3. The number of nitrogens with zero attached hydrogens (tertiary/aromatic N) is 5. The van der Waals surface area contributed by atoms with E-state index in [9.17, 15) is 4.79 Å². The Balaban J connectivity index is 1.37. The molecule has 6 rings (SSSR count). The maximum Gasteiger partial charge on any atom is 0.182 e. The van der Waals surface area contributed by atoms with Crippen molar-refractivity contribution in [3.05, 3.63) is 117 Å². The molecule has 1 aliphatic heterocycles. The van der Waals surface area contributed by atoms with Gasteiger partial charge in [0.2, 0.25) is 0 Å². The quantitative estimate of drug-likeness (QED) is 0.137. The highest BCUT2D eigenvalue weighted by Gasteiger charge is 2.36. The van der Waals surface area contributed by atoms with E-state index in [1.165, 1.54) is 6.92 Å². The minimum Gasteiger partial charge on any atom is -0.497 e. The van der Waals surface area contributed by atoms with Crippen LogP contribution in [0.25, 0.3) is 22.5 Å². The molecular formula is C37H32Cl3N5O3. The number of methoxy groups -OCH3 is 1. The summed E-state index contributed by atoms with van der Waals surface area (Å²) >= 11 is 19.3. The van der Waals surface area contributed by atoms with Gasteiger partial charge in [0.25, 0.3) is 0 Å². The number of carbonyl (C=O) groups excluding carboxylic acids is 1. The Bertz CT molecular complexity index is 2050. The summed E-state index contributed by atoms with van der Waals surface area (Å²) in [5.41, 5.74) is 4.86. The molecule has 1 aromatic heterocycles. The summed E-state index contributed by atoms with van der Waals surface area (Å²) in [5, 5.41) is 6.31. The normalized spacial score (nSPS) is 13.2. The molecule has 0 radical (unpaired) electrons. The fraction of sp³-hybridized carbons (Fsp3) is 0.189. The van der Waals surface area contributed by atoms with Crippen molar-refractivity contribution in [3.8, 4) is 22.9 Å². The van der Waals surface area contributed by atoms with E-state index in [0.29, 0.717) is 68.1 Å². The molecule has 0 amide bonds. The Morgan fingerprint density at radius 1 is 0.917 bits per heavy atom. The lowest BCUT2D eigenvalue weighted by Gasteiger charge is -2.24. The number of aliphatic imine (C=N–C) groups is 1. The van der Waals surface area contributed by atoms with Gasteiger partial charge in [0, 0.05) is 44.0 Å². The molecule has 48 heavy (non-hydrogen) atoms. The second-order valence-corrected chi connectivity index (χ2v) is 12.4. The van der Waals surface area contributed by atoms with E-state index in [1.54, 1.807) is 42.1 Å². The molecule has 0 N–H and O–H groups in total. The summed E-state index contributed by atoms with van der Waals surface area (Å²) in [6, 6.07) is 26.0. The van der Waals surface area contributed by atoms with Crippen molar-refractivity contribution in [2.45, 2.75) is 20.8 Å². The van der Waals surface area contributed by atoms with Crippen LogP contribution >= 0.6 is 34.8 Å². The number of likely N-dealkylation sites (N-methyl/N-ethyl adjacent to an activating group) is 1. The number of allylic oxidation sites excluding steroid dienone is 2. The number of ether oxygens (including phenoxy) is 2. The number of aryl methyl sites for hydroxylation is 1. The lowest BCUT2D eigenvalue weighted by Crippen LogP contribution is -2.28. The Morgan fingerprint density at radius 3 is 2.29 bits per heavy atom. The predicted octanol–water partition coefficient (Wildman–Crippen LogP) is 9.22. The third-order valence-electron chi connectivity index (χ3n) is 8.00. The van der Waals surface area contributed by atoms with Crippen LogP contribution in [0.15, 0.2) is 89.9 Å². The van der Waals surface area contributed by atoms with E-state index in [-0.39, 0.29) is 5.78 Å². The largest absolute Gasteiger partial charge is 0.497 e. The first-order chi connectivity index (χ1) is 23.2. The van der Waals surface area contributed by atoms with Crippen LogP contribution < -0.4 is 14.4 Å². The van der Waals surface area contributed by atoms with Gasteiger partial charge < -0.3 is 14.4 Å². The SMILES string of the molecule is CCN(CCOc1ccc(OC)cc1)c1ccc(N=C2C(c3cc(Cl)ccc3Cl)=C(C(C)=O)c3nc(-c4ccc(Cl)cc4)nn32)c(C)c1. The van der Waals surface area contributed by atoms with E-state index in [0.717, 1.165) is 34.9 Å². The van der Waals surface area contributed by atoms with Crippen LogP contribution in [0.5, 0.6) is 11.5 Å². The number of fused-ring (bicyclic) bond motifs is 1. The van der Waals surface area contributed by atoms with Crippen LogP contribution in [0.4, 0.5) is 11.4 Å². The van der Waals surface area contributed by atoms with Crippen molar-refractivity contribution in [2.75, 3.05) is 31.7 Å².